The van der Waals surface area contributed by atoms with Crippen molar-refractivity contribution in [1.82, 2.24) is 4.98 Å². The van der Waals surface area contributed by atoms with Crippen LogP contribution in [-0.2, 0) is 4.79 Å². The molecule has 2 N–H and O–H groups in total. The molecule has 1 aromatic heterocycles. The zero-order valence-corrected chi connectivity index (χ0v) is 18.7. The first-order chi connectivity index (χ1) is 13.8. The van der Waals surface area contributed by atoms with Gasteiger partial charge in [0.2, 0.25) is 0 Å². The molecule has 0 bridgehead atoms. The molecule has 0 radical (unpaired) electrons. The fraction of sp³-hybridized carbons (Fsp3) is 0.591. The summed E-state index contributed by atoms with van der Waals surface area (Å²) in [7, 11) is 0. The highest BCUT2D eigenvalue weighted by molar-refractivity contribution is 8.01. The van der Waals surface area contributed by atoms with E-state index in [1.807, 2.05) is 6.08 Å². The molecule has 7 heteroatoms. The Morgan fingerprint density at radius 3 is 3.00 bits per heavy atom. The summed E-state index contributed by atoms with van der Waals surface area (Å²) in [6.07, 6.45) is 9.60. The minimum Gasteiger partial charge on any atom is -0.476 e. The number of carbonyl (C=O) groups excluding carboxylic acids is 1. The van der Waals surface area contributed by atoms with Crippen LogP contribution in [0.25, 0.3) is 0 Å². The summed E-state index contributed by atoms with van der Waals surface area (Å²) in [4.78, 5) is 27.2. The number of aliphatic hydroxyl groups is 1. The van der Waals surface area contributed by atoms with E-state index in [1.54, 1.807) is 6.92 Å². The maximum atomic E-state index is 12.3. The lowest BCUT2D eigenvalue weighted by molar-refractivity contribution is -0.121. The summed E-state index contributed by atoms with van der Waals surface area (Å²) in [5, 5.41) is 20.8. The Bertz CT molecular complexity index is 788. The number of ketones is 1. The molecule has 0 spiro atoms. The highest BCUT2D eigenvalue weighted by atomic mass is 32.2. The number of carboxylic acid groups (broad SMARTS) is 1. The second-order valence-electron chi connectivity index (χ2n) is 7.53. The number of hydrogen-bond acceptors (Lipinski definition) is 6. The molecule has 1 aliphatic rings. The molecule has 0 aliphatic heterocycles. The number of rotatable bonds is 10. The monoisotopic (exact) mass is 435 g/mol. The lowest BCUT2D eigenvalue weighted by Crippen LogP contribution is -2.20. The zero-order chi connectivity index (χ0) is 21.3. The highest BCUT2D eigenvalue weighted by Gasteiger charge is 2.32. The number of unbranched alkanes of at least 4 members (excludes halogenated alkanes) is 2. The van der Waals surface area contributed by atoms with E-state index in [1.165, 1.54) is 28.5 Å². The smallest absolute Gasteiger partial charge is 0.355 e. The number of thioether (sulfide) groups is 1. The van der Waals surface area contributed by atoms with Crippen molar-refractivity contribution in [3.05, 3.63) is 23.2 Å². The average molecular weight is 436 g/mol. The third-order valence-electron chi connectivity index (χ3n) is 4.92. The molecule has 0 amide bonds. The zero-order valence-electron chi connectivity index (χ0n) is 17.0. The third kappa shape index (κ3) is 7.96. The van der Waals surface area contributed by atoms with Gasteiger partial charge in [0, 0.05) is 36.3 Å². The molecule has 1 heterocycles. The van der Waals surface area contributed by atoms with Crippen molar-refractivity contribution in [2.75, 3.05) is 5.75 Å². The van der Waals surface area contributed by atoms with Gasteiger partial charge in [0.25, 0.3) is 0 Å². The Kier molecular flexibility index (Phi) is 9.41. The van der Waals surface area contributed by atoms with Crippen LogP contribution in [0.4, 0.5) is 0 Å². The molecule has 158 valence electrons. The van der Waals surface area contributed by atoms with Gasteiger partial charge in [-0.3, -0.25) is 4.79 Å². The van der Waals surface area contributed by atoms with Crippen molar-refractivity contribution in [3.8, 4) is 11.8 Å². The number of aromatic nitrogens is 1. The number of aromatic carboxylic acids is 1. The van der Waals surface area contributed by atoms with Crippen LogP contribution in [0.1, 0.15) is 69.3 Å². The maximum absolute atomic E-state index is 12.3. The van der Waals surface area contributed by atoms with Crippen molar-refractivity contribution >= 4 is 34.9 Å². The Hall–Kier alpha value is -1.62. The molecule has 1 aromatic rings. The number of carbonyl (C=O) groups is 2. The van der Waals surface area contributed by atoms with Crippen LogP contribution in [0, 0.1) is 23.7 Å². The van der Waals surface area contributed by atoms with E-state index in [4.69, 9.17) is 5.11 Å². The third-order valence-corrected chi connectivity index (χ3v) is 6.98. The number of hydrogen-bond donors (Lipinski definition) is 2. The summed E-state index contributed by atoms with van der Waals surface area (Å²) >= 11 is 2.82. The number of carboxylic acids is 1. The molecule has 0 aromatic carbocycles. The topological polar surface area (TPSA) is 87.5 Å². The van der Waals surface area contributed by atoms with Gasteiger partial charge < -0.3 is 10.2 Å². The van der Waals surface area contributed by atoms with Gasteiger partial charge in [-0.05, 0) is 32.1 Å². The van der Waals surface area contributed by atoms with E-state index in [2.05, 4.69) is 29.8 Å². The number of Topliss-reactive ketones (excluding diaryl/α,β-unsaturated/α-hetero) is 1. The molecular weight excluding hydrogens is 406 g/mol. The van der Waals surface area contributed by atoms with E-state index < -0.39 is 11.6 Å². The molecule has 2 rings (SSSR count). The van der Waals surface area contributed by atoms with Crippen LogP contribution >= 0.6 is 23.1 Å². The normalized spacial score (nSPS) is 21.1. The molecule has 0 unspecified atom stereocenters. The van der Waals surface area contributed by atoms with Crippen LogP contribution in [0.2, 0.25) is 0 Å². The molecule has 1 saturated carbocycles. The molecule has 0 saturated heterocycles. The van der Waals surface area contributed by atoms with E-state index in [0.717, 1.165) is 42.2 Å². The predicted octanol–water partition coefficient (Wildman–Crippen LogP) is 4.81. The van der Waals surface area contributed by atoms with E-state index in [0.29, 0.717) is 12.8 Å². The fourth-order valence-corrected chi connectivity index (χ4v) is 5.17. The van der Waals surface area contributed by atoms with Gasteiger partial charge >= 0.3 is 5.97 Å². The quantitative estimate of drug-likeness (QED) is 0.237. The second kappa shape index (κ2) is 11.5. The maximum Gasteiger partial charge on any atom is 0.355 e. The van der Waals surface area contributed by atoms with Gasteiger partial charge in [0.05, 0.1) is 0 Å². The summed E-state index contributed by atoms with van der Waals surface area (Å²) < 4.78 is 0.720. The average Bonchev–Trinajstić information content (AvgIpc) is 3.27. The van der Waals surface area contributed by atoms with Gasteiger partial charge in [0.1, 0.15) is 11.4 Å². The Balaban J connectivity index is 1.83. The standard InChI is InChI=1S/C22H29NO4S2/c1-3-4-5-6-12-22(2,27)13-7-8-16-9-10-19(24)17(16)11-14-28-21-23-18(15-29-21)20(25)26/h7-8,15-17,27H,3-5,9-11,13-14H2,1-2H3,(H,25,26)/b8-7+/t16-,17-,22-/m1/s1. The molecule has 1 aliphatic carbocycles. The molecule has 29 heavy (non-hydrogen) atoms. The van der Waals surface area contributed by atoms with Gasteiger partial charge in [-0.1, -0.05) is 43.2 Å². The first-order valence-electron chi connectivity index (χ1n) is 10.1. The summed E-state index contributed by atoms with van der Waals surface area (Å²) in [5.74, 6) is 6.16. The summed E-state index contributed by atoms with van der Waals surface area (Å²) in [6.45, 7) is 3.84. The molecular formula is C22H29NO4S2. The molecule has 5 nitrogen and oxygen atoms in total. The second-order valence-corrected chi connectivity index (χ2v) is 9.73. The lowest BCUT2D eigenvalue weighted by Gasteiger charge is -2.16. The number of nitrogens with zero attached hydrogens (tertiary/aromatic N) is 1. The highest BCUT2D eigenvalue weighted by Crippen LogP contribution is 2.35. The van der Waals surface area contributed by atoms with Gasteiger partial charge in [-0.15, -0.1) is 17.3 Å². The first-order valence-corrected chi connectivity index (χ1v) is 11.9. The van der Waals surface area contributed by atoms with Crippen LogP contribution in [0.15, 0.2) is 21.9 Å². The van der Waals surface area contributed by atoms with Crippen LogP contribution in [0.3, 0.4) is 0 Å². The van der Waals surface area contributed by atoms with Crippen LogP contribution < -0.4 is 0 Å². The Morgan fingerprint density at radius 1 is 1.52 bits per heavy atom. The van der Waals surface area contributed by atoms with E-state index in [-0.39, 0.29) is 23.3 Å². The molecule has 1 fully saturated rings. The minimum absolute atomic E-state index is 0.0155. The van der Waals surface area contributed by atoms with E-state index in [9.17, 15) is 14.7 Å². The number of thiazole rings is 1. The van der Waals surface area contributed by atoms with Crippen molar-refractivity contribution < 1.29 is 19.8 Å². The Labute approximate surface area is 181 Å². The summed E-state index contributed by atoms with van der Waals surface area (Å²) in [6, 6.07) is 0. The first kappa shape index (κ1) is 23.7. The van der Waals surface area contributed by atoms with Crippen molar-refractivity contribution in [1.29, 1.82) is 0 Å². The SMILES string of the molecule is CCCCC#C[C@@](C)(O)C/C=C/[C@@H]1CCC(=O)[C@@H]1CCSc1nc(C(=O)O)cs1. The van der Waals surface area contributed by atoms with Crippen molar-refractivity contribution in [2.24, 2.45) is 11.8 Å². The Morgan fingerprint density at radius 2 is 2.31 bits per heavy atom. The molecule has 3 atom stereocenters. The largest absolute Gasteiger partial charge is 0.476 e. The van der Waals surface area contributed by atoms with Crippen LogP contribution in [0.5, 0.6) is 0 Å². The predicted molar refractivity (Wildman–Crippen MR) is 117 cm³/mol. The summed E-state index contributed by atoms with van der Waals surface area (Å²) in [5.41, 5.74) is -0.967. The van der Waals surface area contributed by atoms with Crippen LogP contribution in [-0.4, -0.2) is 38.3 Å². The number of allylic oxidation sites excluding steroid dienone is 1. The van der Waals surface area contributed by atoms with Crippen molar-refractivity contribution in [3.63, 3.8) is 0 Å². The van der Waals surface area contributed by atoms with Gasteiger partial charge in [-0.25, -0.2) is 9.78 Å². The minimum atomic E-state index is -1.04. The van der Waals surface area contributed by atoms with Gasteiger partial charge in [0.15, 0.2) is 10.0 Å². The van der Waals surface area contributed by atoms with E-state index >= 15 is 0 Å². The fourth-order valence-electron chi connectivity index (χ4n) is 3.28. The van der Waals surface area contributed by atoms with Crippen molar-refractivity contribution in [2.45, 2.75) is 68.7 Å². The lowest BCUT2D eigenvalue weighted by atomic mass is 9.91. The van der Waals surface area contributed by atoms with Gasteiger partial charge in [-0.2, -0.15) is 0 Å².